The summed E-state index contributed by atoms with van der Waals surface area (Å²) in [6.45, 7) is 0.943. The summed E-state index contributed by atoms with van der Waals surface area (Å²) in [7, 11) is 1.60. The molecule has 1 aliphatic carbocycles. The Labute approximate surface area is 158 Å². The van der Waals surface area contributed by atoms with Crippen molar-refractivity contribution in [3.05, 3.63) is 29.3 Å². The smallest absolute Gasteiger partial charge is 0.246 e. The fraction of sp³-hybridized carbons (Fsp3) is 0.526. The van der Waals surface area contributed by atoms with Gasteiger partial charge in [-0.3, -0.25) is 14.4 Å². The van der Waals surface area contributed by atoms with Crippen molar-refractivity contribution >= 4 is 35.0 Å². The number of rotatable bonds is 3. The Morgan fingerprint density at radius 2 is 1.88 bits per heavy atom. The van der Waals surface area contributed by atoms with Gasteiger partial charge in [0, 0.05) is 42.7 Å². The van der Waals surface area contributed by atoms with Crippen molar-refractivity contribution in [2.75, 3.05) is 31.6 Å². The van der Waals surface area contributed by atoms with E-state index in [2.05, 4.69) is 5.32 Å². The second-order valence-corrected chi connectivity index (χ2v) is 7.33. The minimum absolute atomic E-state index is 0.0440. The van der Waals surface area contributed by atoms with Crippen molar-refractivity contribution < 1.29 is 14.4 Å². The number of halogens is 1. The molecule has 2 aliphatic rings. The Balaban J connectivity index is 1.68. The molecular weight excluding hydrogens is 354 g/mol. The molecule has 140 valence electrons. The Morgan fingerprint density at radius 3 is 2.54 bits per heavy atom. The van der Waals surface area contributed by atoms with Gasteiger partial charge < -0.3 is 15.1 Å². The summed E-state index contributed by atoms with van der Waals surface area (Å²) in [5.74, 6) is -0.889. The lowest BCUT2D eigenvalue weighted by atomic mass is 9.77. The Morgan fingerprint density at radius 1 is 1.15 bits per heavy atom. The Bertz CT molecular complexity index is 709. The van der Waals surface area contributed by atoms with E-state index in [0.29, 0.717) is 24.5 Å². The van der Waals surface area contributed by atoms with Crippen molar-refractivity contribution in [3.8, 4) is 0 Å². The van der Waals surface area contributed by atoms with E-state index in [1.165, 1.54) is 0 Å². The normalized spacial score (nSPS) is 23.7. The van der Waals surface area contributed by atoms with Crippen LogP contribution in [0.15, 0.2) is 24.3 Å². The van der Waals surface area contributed by atoms with Crippen LogP contribution in [-0.4, -0.2) is 49.3 Å². The molecule has 1 N–H and O–H groups in total. The van der Waals surface area contributed by atoms with Gasteiger partial charge in [-0.2, -0.15) is 0 Å². The van der Waals surface area contributed by atoms with Crippen molar-refractivity contribution in [2.45, 2.75) is 25.7 Å². The lowest BCUT2D eigenvalue weighted by molar-refractivity contribution is -0.146. The van der Waals surface area contributed by atoms with Gasteiger partial charge in [-0.15, -0.1) is 0 Å². The van der Waals surface area contributed by atoms with Crippen molar-refractivity contribution in [3.63, 3.8) is 0 Å². The summed E-state index contributed by atoms with van der Waals surface area (Å²) in [4.78, 5) is 41.0. The highest BCUT2D eigenvalue weighted by Crippen LogP contribution is 2.32. The number of hydrogen-bond donors (Lipinski definition) is 1. The molecule has 0 bridgehead atoms. The van der Waals surface area contributed by atoms with Crippen LogP contribution in [0.5, 0.6) is 0 Å². The van der Waals surface area contributed by atoms with Gasteiger partial charge in [-0.05, 0) is 31.0 Å². The lowest BCUT2D eigenvalue weighted by Crippen LogP contribution is -2.55. The standard InChI is InChI=1S/C19H24ClN3O3/c1-21-18(25)15-7-2-3-8-16(15)19(26)22-9-10-23(17(24)12-22)14-6-4-5-13(20)11-14/h4-6,11,15-16H,2-3,7-10,12H2,1H3,(H,21,25)/t15-,16+/m1/s1. The fourth-order valence-corrected chi connectivity index (χ4v) is 4.12. The molecule has 2 fully saturated rings. The zero-order chi connectivity index (χ0) is 18.7. The van der Waals surface area contributed by atoms with Gasteiger partial charge in [0.1, 0.15) is 6.54 Å². The molecule has 3 amide bonds. The molecular formula is C19H24ClN3O3. The van der Waals surface area contributed by atoms with Crippen LogP contribution in [0, 0.1) is 11.8 Å². The van der Waals surface area contributed by atoms with E-state index in [1.54, 1.807) is 35.0 Å². The first kappa shape index (κ1) is 18.7. The third-order valence-corrected chi connectivity index (χ3v) is 5.55. The Hall–Kier alpha value is -2.08. The zero-order valence-electron chi connectivity index (χ0n) is 14.9. The lowest BCUT2D eigenvalue weighted by Gasteiger charge is -2.38. The third kappa shape index (κ3) is 3.85. The second-order valence-electron chi connectivity index (χ2n) is 6.90. The van der Waals surface area contributed by atoms with Gasteiger partial charge in [0.2, 0.25) is 17.7 Å². The van der Waals surface area contributed by atoms with Crippen LogP contribution in [0.25, 0.3) is 0 Å². The molecule has 0 radical (unpaired) electrons. The average Bonchev–Trinajstić information content (AvgIpc) is 2.66. The highest BCUT2D eigenvalue weighted by atomic mass is 35.5. The summed E-state index contributed by atoms with van der Waals surface area (Å²) in [5, 5.41) is 3.24. The summed E-state index contributed by atoms with van der Waals surface area (Å²) in [6.07, 6.45) is 3.34. The fourth-order valence-electron chi connectivity index (χ4n) is 3.94. The average molecular weight is 378 g/mol. The summed E-state index contributed by atoms with van der Waals surface area (Å²) in [6, 6.07) is 7.15. The monoisotopic (exact) mass is 377 g/mol. The number of anilines is 1. The Kier molecular flexibility index (Phi) is 5.81. The van der Waals surface area contributed by atoms with Crippen molar-refractivity contribution in [1.82, 2.24) is 10.2 Å². The minimum Gasteiger partial charge on any atom is -0.359 e. The van der Waals surface area contributed by atoms with Gasteiger partial charge in [-0.25, -0.2) is 0 Å². The van der Waals surface area contributed by atoms with Gasteiger partial charge in [-0.1, -0.05) is 30.5 Å². The van der Waals surface area contributed by atoms with Crippen LogP contribution in [0.2, 0.25) is 5.02 Å². The van der Waals surface area contributed by atoms with Gasteiger partial charge in [0.05, 0.1) is 0 Å². The van der Waals surface area contributed by atoms with E-state index >= 15 is 0 Å². The maximum absolute atomic E-state index is 13.0. The zero-order valence-corrected chi connectivity index (χ0v) is 15.7. The van der Waals surface area contributed by atoms with E-state index < -0.39 is 0 Å². The van der Waals surface area contributed by atoms with E-state index in [9.17, 15) is 14.4 Å². The van der Waals surface area contributed by atoms with Gasteiger partial charge in [0.15, 0.2) is 0 Å². The van der Waals surface area contributed by atoms with Gasteiger partial charge in [0.25, 0.3) is 0 Å². The van der Waals surface area contributed by atoms with Gasteiger partial charge >= 0.3 is 0 Å². The predicted molar refractivity (Wildman–Crippen MR) is 99.9 cm³/mol. The largest absolute Gasteiger partial charge is 0.359 e. The molecule has 0 unspecified atom stereocenters. The molecule has 2 atom stereocenters. The van der Waals surface area contributed by atoms with E-state index in [-0.39, 0.29) is 36.1 Å². The maximum Gasteiger partial charge on any atom is 0.246 e. The molecule has 26 heavy (non-hydrogen) atoms. The molecule has 7 heteroatoms. The quantitative estimate of drug-likeness (QED) is 0.876. The number of nitrogens with zero attached hydrogens (tertiary/aromatic N) is 2. The molecule has 1 saturated heterocycles. The number of nitrogens with one attached hydrogen (secondary N) is 1. The predicted octanol–water partition coefficient (Wildman–Crippen LogP) is 2.07. The first-order valence-corrected chi connectivity index (χ1v) is 9.45. The third-order valence-electron chi connectivity index (χ3n) is 5.32. The molecule has 1 aliphatic heterocycles. The van der Waals surface area contributed by atoms with E-state index in [0.717, 1.165) is 24.9 Å². The van der Waals surface area contributed by atoms with Crippen LogP contribution in [0.1, 0.15) is 25.7 Å². The summed E-state index contributed by atoms with van der Waals surface area (Å²) >= 11 is 6.01. The number of carbonyl (C=O) groups excluding carboxylic acids is 3. The summed E-state index contributed by atoms with van der Waals surface area (Å²) < 4.78 is 0. The maximum atomic E-state index is 13.0. The number of carbonyl (C=O) groups is 3. The van der Waals surface area contributed by atoms with E-state index in [4.69, 9.17) is 11.6 Å². The SMILES string of the molecule is CNC(=O)[C@@H]1CCCC[C@@H]1C(=O)N1CCN(c2cccc(Cl)c2)C(=O)C1. The molecule has 1 saturated carbocycles. The number of benzene rings is 1. The number of hydrogen-bond acceptors (Lipinski definition) is 3. The van der Waals surface area contributed by atoms with Crippen molar-refractivity contribution in [2.24, 2.45) is 11.8 Å². The van der Waals surface area contributed by atoms with Crippen molar-refractivity contribution in [1.29, 1.82) is 0 Å². The molecule has 0 spiro atoms. The van der Waals surface area contributed by atoms with E-state index in [1.807, 2.05) is 6.07 Å². The second kappa shape index (κ2) is 8.08. The highest BCUT2D eigenvalue weighted by molar-refractivity contribution is 6.30. The number of piperazine rings is 1. The van der Waals surface area contributed by atoms with Crippen LogP contribution >= 0.6 is 11.6 Å². The summed E-state index contributed by atoms with van der Waals surface area (Å²) in [5.41, 5.74) is 0.746. The van der Waals surface area contributed by atoms with Crippen LogP contribution in [0.4, 0.5) is 5.69 Å². The first-order chi connectivity index (χ1) is 12.5. The topological polar surface area (TPSA) is 69.7 Å². The van der Waals surface area contributed by atoms with Crippen LogP contribution < -0.4 is 10.2 Å². The van der Waals surface area contributed by atoms with Crippen LogP contribution in [0.3, 0.4) is 0 Å². The number of amides is 3. The minimum atomic E-state index is -0.325. The first-order valence-electron chi connectivity index (χ1n) is 9.07. The molecule has 6 nitrogen and oxygen atoms in total. The van der Waals surface area contributed by atoms with Crippen LogP contribution in [-0.2, 0) is 14.4 Å². The molecule has 3 rings (SSSR count). The highest BCUT2D eigenvalue weighted by Gasteiger charge is 2.39. The molecule has 1 heterocycles. The molecule has 1 aromatic carbocycles. The molecule has 0 aromatic heterocycles. The molecule has 1 aromatic rings.